The van der Waals surface area contributed by atoms with Crippen molar-refractivity contribution in [1.82, 2.24) is 30.0 Å². The number of hydrogen-bond acceptors (Lipinski definition) is 7. The van der Waals surface area contributed by atoms with E-state index in [1.54, 1.807) is 0 Å². The molecule has 1 N–H and O–H groups in total. The lowest BCUT2D eigenvalue weighted by atomic mass is 10.1. The number of carbonyl (C=O) groups is 1. The maximum absolute atomic E-state index is 12.5. The lowest BCUT2D eigenvalue weighted by Crippen LogP contribution is -2.37. The third kappa shape index (κ3) is 5.80. The Balaban J connectivity index is 1.26. The van der Waals surface area contributed by atoms with E-state index in [4.69, 9.17) is 16.0 Å². The van der Waals surface area contributed by atoms with Crippen molar-refractivity contribution in [2.75, 3.05) is 26.2 Å². The van der Waals surface area contributed by atoms with E-state index in [1.807, 2.05) is 59.2 Å². The number of rotatable bonds is 9. The molecule has 36 heavy (non-hydrogen) atoms. The first kappa shape index (κ1) is 24.5. The molecule has 0 aliphatic carbocycles. The normalized spacial score (nSPS) is 14.1. The van der Waals surface area contributed by atoms with Gasteiger partial charge in [0.1, 0.15) is 6.26 Å². The van der Waals surface area contributed by atoms with Gasteiger partial charge in [0.05, 0.1) is 10.8 Å². The average Bonchev–Trinajstić information content (AvgIpc) is 3.56. The lowest BCUT2D eigenvalue weighted by Gasteiger charge is -2.26. The fourth-order valence-corrected chi connectivity index (χ4v) is 5.22. The summed E-state index contributed by atoms with van der Waals surface area (Å²) in [7, 11) is 0. The van der Waals surface area contributed by atoms with Crippen molar-refractivity contribution < 1.29 is 9.21 Å². The fourth-order valence-electron chi connectivity index (χ4n) is 4.20. The highest BCUT2D eigenvalue weighted by Crippen LogP contribution is 2.32. The zero-order valence-corrected chi connectivity index (χ0v) is 21.3. The Morgan fingerprint density at radius 1 is 1.03 bits per heavy atom. The summed E-state index contributed by atoms with van der Waals surface area (Å²) in [6.07, 6.45) is 5.17. The monoisotopic (exact) mass is 522 g/mol. The second-order valence-electron chi connectivity index (χ2n) is 8.53. The summed E-state index contributed by atoms with van der Waals surface area (Å²) in [5.74, 6) is 1.27. The number of thioether (sulfide) groups is 1. The van der Waals surface area contributed by atoms with Crippen LogP contribution in [0.2, 0.25) is 5.02 Å². The van der Waals surface area contributed by atoms with Gasteiger partial charge < -0.3 is 14.6 Å². The van der Waals surface area contributed by atoms with Gasteiger partial charge in [0, 0.05) is 24.3 Å². The number of nitrogens with one attached hydrogen (secondary N) is 1. The van der Waals surface area contributed by atoms with Crippen molar-refractivity contribution in [3.63, 3.8) is 0 Å². The van der Waals surface area contributed by atoms with Crippen LogP contribution >= 0.6 is 23.4 Å². The summed E-state index contributed by atoms with van der Waals surface area (Å²) in [5, 5.41) is 13.1. The molecule has 10 heteroatoms. The van der Waals surface area contributed by atoms with Gasteiger partial charge >= 0.3 is 0 Å². The van der Waals surface area contributed by atoms with E-state index < -0.39 is 0 Å². The molecule has 0 saturated carbocycles. The van der Waals surface area contributed by atoms with Crippen LogP contribution in [0, 0.1) is 0 Å². The molecule has 0 spiro atoms. The standard InChI is InChI=1S/C26H27ClN6O2S/c27-21-12-6-5-11-20(21)24-30-31-26(33(24)19-9-3-1-4-10-19)36-18-23-29-22(17-35-23)25(34)28-13-16-32-14-7-2-8-15-32/h1,3-6,9-12,17H,2,7-8,13-16,18H2,(H,28,34). The second kappa shape index (κ2) is 11.7. The first-order chi connectivity index (χ1) is 17.7. The number of halogens is 1. The van der Waals surface area contributed by atoms with E-state index in [1.165, 1.54) is 37.3 Å². The summed E-state index contributed by atoms with van der Waals surface area (Å²) in [6.45, 7) is 3.66. The SMILES string of the molecule is O=C(NCCN1CCCCC1)c1coc(CSc2nnc(-c3ccccc3Cl)n2-c2ccccc2)n1. The van der Waals surface area contributed by atoms with E-state index in [2.05, 4.69) is 25.4 Å². The molecule has 0 bridgehead atoms. The Labute approximate surface area is 219 Å². The number of piperidine rings is 1. The topological polar surface area (TPSA) is 89.1 Å². The van der Waals surface area contributed by atoms with Crippen molar-refractivity contribution in [3.05, 3.63) is 77.5 Å². The smallest absolute Gasteiger partial charge is 0.273 e. The minimum atomic E-state index is -0.222. The summed E-state index contributed by atoms with van der Waals surface area (Å²) in [6, 6.07) is 17.4. The largest absolute Gasteiger partial charge is 0.447 e. The number of carbonyl (C=O) groups excluding carboxylic acids is 1. The minimum Gasteiger partial charge on any atom is -0.447 e. The zero-order valence-electron chi connectivity index (χ0n) is 19.8. The number of para-hydroxylation sites is 1. The van der Waals surface area contributed by atoms with Crippen LogP contribution in [-0.2, 0) is 5.75 Å². The Morgan fingerprint density at radius 2 is 1.81 bits per heavy atom. The molecule has 186 valence electrons. The maximum atomic E-state index is 12.5. The Bertz CT molecular complexity index is 1300. The van der Waals surface area contributed by atoms with E-state index in [0.29, 0.717) is 34.2 Å². The van der Waals surface area contributed by atoms with Crippen molar-refractivity contribution in [1.29, 1.82) is 0 Å². The van der Waals surface area contributed by atoms with E-state index in [9.17, 15) is 4.79 Å². The number of nitrogens with zero attached hydrogens (tertiary/aromatic N) is 5. The third-order valence-electron chi connectivity index (χ3n) is 6.03. The van der Waals surface area contributed by atoms with Crippen LogP contribution in [-0.4, -0.2) is 56.7 Å². The molecule has 1 fully saturated rings. The number of likely N-dealkylation sites (tertiary alicyclic amines) is 1. The van der Waals surface area contributed by atoms with E-state index in [0.717, 1.165) is 30.9 Å². The molecule has 1 amide bonds. The van der Waals surface area contributed by atoms with Gasteiger partial charge in [0.15, 0.2) is 16.7 Å². The van der Waals surface area contributed by atoms with Gasteiger partial charge in [-0.05, 0) is 50.2 Å². The fraction of sp³-hybridized carbons (Fsp3) is 0.308. The Hall–Kier alpha value is -3.14. The third-order valence-corrected chi connectivity index (χ3v) is 7.28. The molecule has 8 nitrogen and oxygen atoms in total. The number of oxazole rings is 1. The van der Waals surface area contributed by atoms with Gasteiger partial charge in [-0.3, -0.25) is 9.36 Å². The Morgan fingerprint density at radius 3 is 2.61 bits per heavy atom. The molecule has 2 aromatic heterocycles. The van der Waals surface area contributed by atoms with Crippen LogP contribution in [0.3, 0.4) is 0 Å². The zero-order chi connectivity index (χ0) is 24.7. The number of aromatic nitrogens is 4. The van der Waals surface area contributed by atoms with Gasteiger partial charge in [0.25, 0.3) is 5.91 Å². The van der Waals surface area contributed by atoms with E-state index in [-0.39, 0.29) is 11.6 Å². The highest BCUT2D eigenvalue weighted by atomic mass is 35.5. The summed E-state index contributed by atoms with van der Waals surface area (Å²) in [4.78, 5) is 19.3. The lowest BCUT2D eigenvalue weighted by molar-refractivity contribution is 0.0941. The molecule has 1 saturated heterocycles. The molecule has 5 rings (SSSR count). The van der Waals surface area contributed by atoms with Gasteiger partial charge in [-0.25, -0.2) is 4.98 Å². The highest BCUT2D eigenvalue weighted by Gasteiger charge is 2.19. The molecular formula is C26H27ClN6O2S. The van der Waals surface area contributed by atoms with Crippen LogP contribution in [0.4, 0.5) is 0 Å². The Kier molecular flexibility index (Phi) is 8.00. The molecule has 4 aromatic rings. The van der Waals surface area contributed by atoms with Crippen molar-refractivity contribution in [3.8, 4) is 17.1 Å². The summed E-state index contributed by atoms with van der Waals surface area (Å²) in [5.41, 5.74) is 1.99. The van der Waals surface area contributed by atoms with Gasteiger partial charge in [-0.15, -0.1) is 10.2 Å². The molecule has 0 unspecified atom stereocenters. The van der Waals surface area contributed by atoms with Crippen LogP contribution < -0.4 is 5.32 Å². The summed E-state index contributed by atoms with van der Waals surface area (Å²) < 4.78 is 7.54. The van der Waals surface area contributed by atoms with E-state index >= 15 is 0 Å². The van der Waals surface area contributed by atoms with Crippen molar-refractivity contribution in [2.45, 2.75) is 30.2 Å². The van der Waals surface area contributed by atoms with Crippen LogP contribution in [0.25, 0.3) is 17.1 Å². The van der Waals surface area contributed by atoms with Crippen molar-refractivity contribution >= 4 is 29.3 Å². The first-order valence-electron chi connectivity index (χ1n) is 12.0. The minimum absolute atomic E-state index is 0.222. The van der Waals surface area contributed by atoms with Crippen LogP contribution in [0.5, 0.6) is 0 Å². The molecule has 1 aliphatic rings. The second-order valence-corrected chi connectivity index (χ2v) is 9.88. The molecule has 0 radical (unpaired) electrons. The quantitative estimate of drug-likeness (QED) is 0.306. The number of benzene rings is 2. The molecule has 3 heterocycles. The van der Waals surface area contributed by atoms with Crippen LogP contribution in [0.1, 0.15) is 35.6 Å². The molecule has 2 aromatic carbocycles. The number of amides is 1. The predicted molar refractivity (Wildman–Crippen MR) is 140 cm³/mol. The summed E-state index contributed by atoms with van der Waals surface area (Å²) >= 11 is 7.89. The maximum Gasteiger partial charge on any atom is 0.273 e. The molecule has 1 aliphatic heterocycles. The predicted octanol–water partition coefficient (Wildman–Crippen LogP) is 5.08. The van der Waals surface area contributed by atoms with Gasteiger partial charge in [0.2, 0.25) is 5.89 Å². The molecular weight excluding hydrogens is 496 g/mol. The molecule has 0 atom stereocenters. The van der Waals surface area contributed by atoms with Crippen molar-refractivity contribution in [2.24, 2.45) is 0 Å². The number of hydrogen-bond donors (Lipinski definition) is 1. The van der Waals surface area contributed by atoms with Gasteiger partial charge in [-0.1, -0.05) is 60.1 Å². The van der Waals surface area contributed by atoms with Gasteiger partial charge in [-0.2, -0.15) is 0 Å². The average molecular weight is 523 g/mol. The van der Waals surface area contributed by atoms with Crippen LogP contribution in [0.15, 0.2) is 70.4 Å². The highest BCUT2D eigenvalue weighted by molar-refractivity contribution is 7.98. The first-order valence-corrected chi connectivity index (χ1v) is 13.4.